The number of likely N-dealkylation sites (N-methyl/N-ethyl adjacent to an activating group) is 1. The van der Waals surface area contributed by atoms with Gasteiger partial charge in [0.2, 0.25) is 5.89 Å². The normalized spacial score (nSPS) is 17.8. The van der Waals surface area contributed by atoms with Crippen molar-refractivity contribution >= 4 is 11.7 Å². The van der Waals surface area contributed by atoms with Crippen LogP contribution >= 0.6 is 0 Å². The van der Waals surface area contributed by atoms with Crippen molar-refractivity contribution in [2.24, 2.45) is 5.41 Å². The second-order valence-corrected chi connectivity index (χ2v) is 6.13. The molecule has 0 amide bonds. The SMILES string of the molecule is CN1CCN(c2noc(CC(=O)C(C)(C)C)n2)CC1. The summed E-state index contributed by atoms with van der Waals surface area (Å²) >= 11 is 0. The van der Waals surface area contributed by atoms with Crippen LogP contribution in [0.2, 0.25) is 0 Å². The van der Waals surface area contributed by atoms with Crippen LogP contribution in [0.5, 0.6) is 0 Å². The Balaban J connectivity index is 1.97. The van der Waals surface area contributed by atoms with Gasteiger partial charge >= 0.3 is 0 Å². The van der Waals surface area contributed by atoms with E-state index in [-0.39, 0.29) is 17.6 Å². The molecule has 0 aliphatic carbocycles. The number of Topliss-reactive ketones (excluding diaryl/α,β-unsaturated/α-hetero) is 1. The zero-order valence-electron chi connectivity index (χ0n) is 12.1. The lowest BCUT2D eigenvalue weighted by Crippen LogP contribution is -2.44. The molecule has 2 rings (SSSR count). The average molecular weight is 266 g/mol. The largest absolute Gasteiger partial charge is 0.337 e. The van der Waals surface area contributed by atoms with Gasteiger partial charge in [0.05, 0.1) is 6.42 Å². The summed E-state index contributed by atoms with van der Waals surface area (Å²) in [5, 5.41) is 3.97. The van der Waals surface area contributed by atoms with Crippen molar-refractivity contribution in [3.8, 4) is 0 Å². The molecule has 6 heteroatoms. The minimum Gasteiger partial charge on any atom is -0.337 e. The highest BCUT2D eigenvalue weighted by Gasteiger charge is 2.25. The minimum atomic E-state index is -0.373. The fraction of sp³-hybridized carbons (Fsp3) is 0.769. The molecule has 0 spiro atoms. The minimum absolute atomic E-state index is 0.112. The van der Waals surface area contributed by atoms with Crippen LogP contribution < -0.4 is 4.90 Å². The second-order valence-electron chi connectivity index (χ2n) is 6.13. The summed E-state index contributed by atoms with van der Waals surface area (Å²) in [7, 11) is 2.10. The topological polar surface area (TPSA) is 62.5 Å². The first-order valence-corrected chi connectivity index (χ1v) is 6.65. The Bertz CT molecular complexity index is 442. The van der Waals surface area contributed by atoms with Crippen molar-refractivity contribution in [1.82, 2.24) is 15.0 Å². The van der Waals surface area contributed by atoms with Gasteiger partial charge in [0.15, 0.2) is 0 Å². The molecule has 1 aliphatic rings. The van der Waals surface area contributed by atoms with Crippen molar-refractivity contribution in [2.75, 3.05) is 38.1 Å². The van der Waals surface area contributed by atoms with Crippen molar-refractivity contribution < 1.29 is 9.32 Å². The molecule has 1 aliphatic heterocycles. The monoisotopic (exact) mass is 266 g/mol. The Morgan fingerprint density at radius 2 is 1.89 bits per heavy atom. The number of hydrogen-bond donors (Lipinski definition) is 0. The molecule has 0 aromatic carbocycles. The summed E-state index contributed by atoms with van der Waals surface area (Å²) in [5.74, 6) is 1.12. The Morgan fingerprint density at radius 3 is 2.47 bits per heavy atom. The standard InChI is InChI=1S/C13H22N4O2/c1-13(2,3)10(18)9-11-14-12(15-19-11)17-7-5-16(4)6-8-17/h5-9H2,1-4H3. The van der Waals surface area contributed by atoms with E-state index in [2.05, 4.69) is 27.0 Å². The molecule has 0 saturated carbocycles. The third-order valence-electron chi connectivity index (χ3n) is 3.39. The molecule has 19 heavy (non-hydrogen) atoms. The van der Waals surface area contributed by atoms with E-state index in [1.54, 1.807) is 0 Å². The summed E-state index contributed by atoms with van der Waals surface area (Å²) in [5.41, 5.74) is -0.373. The number of aromatic nitrogens is 2. The van der Waals surface area contributed by atoms with Crippen LogP contribution in [0.4, 0.5) is 5.95 Å². The highest BCUT2D eigenvalue weighted by atomic mass is 16.5. The molecule has 0 unspecified atom stereocenters. The van der Waals surface area contributed by atoms with Crippen LogP contribution in [0.1, 0.15) is 26.7 Å². The third kappa shape index (κ3) is 3.53. The Labute approximate surface area is 113 Å². The van der Waals surface area contributed by atoms with E-state index < -0.39 is 0 Å². The number of nitrogens with zero attached hydrogens (tertiary/aromatic N) is 4. The van der Waals surface area contributed by atoms with Crippen molar-refractivity contribution in [1.29, 1.82) is 0 Å². The molecule has 106 valence electrons. The van der Waals surface area contributed by atoms with E-state index in [1.165, 1.54) is 0 Å². The van der Waals surface area contributed by atoms with Crippen LogP contribution in [0, 0.1) is 5.41 Å². The van der Waals surface area contributed by atoms with Crippen LogP contribution in [-0.2, 0) is 11.2 Å². The predicted molar refractivity (Wildman–Crippen MR) is 72.2 cm³/mol. The van der Waals surface area contributed by atoms with Crippen molar-refractivity contribution in [3.63, 3.8) is 0 Å². The van der Waals surface area contributed by atoms with E-state index in [0.717, 1.165) is 26.2 Å². The molecule has 1 aromatic rings. The number of carbonyl (C=O) groups is 1. The highest BCUT2D eigenvalue weighted by molar-refractivity contribution is 5.84. The molecular formula is C13H22N4O2. The van der Waals surface area contributed by atoms with Crippen LogP contribution in [0.15, 0.2) is 4.52 Å². The first-order valence-electron chi connectivity index (χ1n) is 6.65. The van der Waals surface area contributed by atoms with Gasteiger partial charge in [-0.2, -0.15) is 4.98 Å². The van der Waals surface area contributed by atoms with Gasteiger partial charge < -0.3 is 14.3 Å². The lowest BCUT2D eigenvalue weighted by Gasteiger charge is -2.31. The van der Waals surface area contributed by atoms with E-state index in [0.29, 0.717) is 11.8 Å². The maximum atomic E-state index is 11.9. The van der Waals surface area contributed by atoms with Gasteiger partial charge in [-0.15, -0.1) is 0 Å². The number of piperazine rings is 1. The molecule has 1 aromatic heterocycles. The molecule has 0 atom stereocenters. The third-order valence-corrected chi connectivity index (χ3v) is 3.39. The number of carbonyl (C=O) groups excluding carboxylic acids is 1. The number of rotatable bonds is 3. The van der Waals surface area contributed by atoms with Gasteiger partial charge in [-0.3, -0.25) is 4.79 Å². The van der Waals surface area contributed by atoms with Gasteiger partial charge in [-0.25, -0.2) is 0 Å². The second kappa shape index (κ2) is 5.28. The van der Waals surface area contributed by atoms with Gasteiger partial charge in [-0.05, 0) is 12.2 Å². The van der Waals surface area contributed by atoms with Crippen molar-refractivity contribution in [3.05, 3.63) is 5.89 Å². The summed E-state index contributed by atoms with van der Waals surface area (Å²) in [6.07, 6.45) is 0.213. The summed E-state index contributed by atoms with van der Waals surface area (Å²) in [4.78, 5) is 20.6. The summed E-state index contributed by atoms with van der Waals surface area (Å²) in [6.45, 7) is 9.45. The smallest absolute Gasteiger partial charge is 0.266 e. The lowest BCUT2D eigenvalue weighted by atomic mass is 9.89. The maximum Gasteiger partial charge on any atom is 0.266 e. The number of ketones is 1. The molecule has 0 N–H and O–H groups in total. The zero-order valence-corrected chi connectivity index (χ0v) is 12.1. The summed E-state index contributed by atoms with van der Waals surface area (Å²) in [6, 6.07) is 0. The number of anilines is 1. The molecule has 1 saturated heterocycles. The predicted octanol–water partition coefficient (Wildman–Crippen LogP) is 0.979. The fourth-order valence-corrected chi connectivity index (χ4v) is 1.86. The highest BCUT2D eigenvalue weighted by Crippen LogP contribution is 2.18. The summed E-state index contributed by atoms with van der Waals surface area (Å²) < 4.78 is 5.17. The Hall–Kier alpha value is -1.43. The molecule has 1 fully saturated rings. The van der Waals surface area contributed by atoms with E-state index >= 15 is 0 Å². The quantitative estimate of drug-likeness (QED) is 0.812. The van der Waals surface area contributed by atoms with Crippen LogP contribution in [-0.4, -0.2) is 54.1 Å². The van der Waals surface area contributed by atoms with Gasteiger partial charge in [0.25, 0.3) is 5.95 Å². The molecule has 2 heterocycles. The van der Waals surface area contributed by atoms with Crippen molar-refractivity contribution in [2.45, 2.75) is 27.2 Å². The Morgan fingerprint density at radius 1 is 1.26 bits per heavy atom. The zero-order chi connectivity index (χ0) is 14.0. The van der Waals surface area contributed by atoms with Crippen LogP contribution in [0.3, 0.4) is 0 Å². The molecule has 0 bridgehead atoms. The first kappa shape index (κ1) is 14.0. The van der Waals surface area contributed by atoms with Crippen LogP contribution in [0.25, 0.3) is 0 Å². The van der Waals surface area contributed by atoms with E-state index in [4.69, 9.17) is 4.52 Å². The van der Waals surface area contributed by atoms with Gasteiger partial charge in [0, 0.05) is 31.6 Å². The molecule has 6 nitrogen and oxygen atoms in total. The molecule has 0 radical (unpaired) electrons. The fourth-order valence-electron chi connectivity index (χ4n) is 1.86. The van der Waals surface area contributed by atoms with E-state index in [1.807, 2.05) is 20.8 Å². The first-order chi connectivity index (χ1) is 8.86. The number of hydrogen-bond acceptors (Lipinski definition) is 6. The van der Waals surface area contributed by atoms with Gasteiger partial charge in [-0.1, -0.05) is 20.8 Å². The lowest BCUT2D eigenvalue weighted by molar-refractivity contribution is -0.125. The average Bonchev–Trinajstić information content (AvgIpc) is 2.77. The van der Waals surface area contributed by atoms with E-state index in [9.17, 15) is 4.79 Å². The van der Waals surface area contributed by atoms with Gasteiger partial charge in [0.1, 0.15) is 5.78 Å². The maximum absolute atomic E-state index is 11.9. The Kier molecular flexibility index (Phi) is 3.89. The molecular weight excluding hydrogens is 244 g/mol.